The molecule has 2 fully saturated rings. The number of ether oxygens (including phenoxy) is 3. The van der Waals surface area contributed by atoms with Gasteiger partial charge in [0.15, 0.2) is 0 Å². The number of fused-ring (bicyclic) bond motifs is 3. The number of nitro groups is 1. The molecule has 73 heavy (non-hydrogen) atoms. The van der Waals surface area contributed by atoms with E-state index >= 15 is 14.4 Å². The van der Waals surface area contributed by atoms with Gasteiger partial charge in [0.1, 0.15) is 36.5 Å². The summed E-state index contributed by atoms with van der Waals surface area (Å²) in [4.78, 5) is 87.6. The summed E-state index contributed by atoms with van der Waals surface area (Å²) < 4.78 is 18.1. The van der Waals surface area contributed by atoms with Crippen LogP contribution in [0.15, 0.2) is 158 Å². The number of rotatable bonds is 14. The standard InChI is InChI=1S/C55H48N6O12/c56-53(67)57-28-10-11-34-20-27-43-42(31-34)55(52(66)59(43)54(68)72-33-35-18-23-40(24-19-35)61(69)70)45(50(64)58-32-44(63)36-12-4-1-5-13-36)47-51(65)73-48(38-16-8-3-9-17-38)46(37-14-6-2-7-15-37)60(47)49(55)39-21-25-41(26-22-39)71-30-29-62/h1-9,12-27,31,44-49,62-63H,28-30,32-33H2,(H,58,64)(H3,56,57,67)/t44-,45-,46-,47-,48+,49+,55-/m0/s1. The first-order valence-corrected chi connectivity index (χ1v) is 23.3. The van der Waals surface area contributed by atoms with Crippen molar-refractivity contribution in [1.29, 1.82) is 0 Å². The van der Waals surface area contributed by atoms with Crippen molar-refractivity contribution in [3.8, 4) is 17.6 Å². The third kappa shape index (κ3) is 9.55. The molecular formula is C55H48N6O12. The maximum Gasteiger partial charge on any atom is 0.421 e. The van der Waals surface area contributed by atoms with E-state index in [1.54, 1.807) is 78.9 Å². The van der Waals surface area contributed by atoms with Gasteiger partial charge in [-0.15, -0.1) is 0 Å². The fourth-order valence-electron chi connectivity index (χ4n) is 10.2. The fourth-order valence-corrected chi connectivity index (χ4v) is 10.2. The highest BCUT2D eigenvalue weighted by atomic mass is 16.6. The summed E-state index contributed by atoms with van der Waals surface area (Å²) in [5.41, 5.74) is 5.81. The summed E-state index contributed by atoms with van der Waals surface area (Å²) in [6.07, 6.45) is -3.41. The first kappa shape index (κ1) is 49.1. The molecule has 7 atom stereocenters. The Hall–Kier alpha value is -8.89. The summed E-state index contributed by atoms with van der Waals surface area (Å²) in [7, 11) is 0. The van der Waals surface area contributed by atoms with Crippen molar-refractivity contribution in [1.82, 2.24) is 15.5 Å². The molecule has 6 N–H and O–H groups in total. The highest BCUT2D eigenvalue weighted by molar-refractivity contribution is 6.23. The van der Waals surface area contributed by atoms with Gasteiger partial charge in [0, 0.05) is 24.2 Å². The van der Waals surface area contributed by atoms with Crippen LogP contribution >= 0.6 is 0 Å². The Morgan fingerprint density at radius 2 is 1.48 bits per heavy atom. The van der Waals surface area contributed by atoms with Crippen LogP contribution < -0.4 is 26.0 Å². The number of amides is 5. The number of carbonyl (C=O) groups is 5. The zero-order valence-electron chi connectivity index (χ0n) is 38.9. The van der Waals surface area contributed by atoms with Crippen molar-refractivity contribution in [2.45, 2.75) is 42.4 Å². The maximum absolute atomic E-state index is 16.5. The summed E-state index contributed by atoms with van der Waals surface area (Å²) in [6, 6.07) is 38.8. The lowest BCUT2D eigenvalue weighted by atomic mass is 9.65. The van der Waals surface area contributed by atoms with Gasteiger partial charge in [-0.3, -0.25) is 29.4 Å². The van der Waals surface area contributed by atoms with E-state index < -0.39 is 83.1 Å². The number of imide groups is 1. The number of aliphatic hydroxyl groups is 2. The Morgan fingerprint density at radius 3 is 2.12 bits per heavy atom. The largest absolute Gasteiger partial charge is 0.491 e. The number of hydrogen-bond donors (Lipinski definition) is 5. The molecule has 3 aliphatic rings. The highest BCUT2D eigenvalue weighted by Crippen LogP contribution is 2.66. The van der Waals surface area contributed by atoms with Gasteiger partial charge in [0.25, 0.3) is 5.69 Å². The normalized spacial score (nSPS) is 21.2. The van der Waals surface area contributed by atoms with E-state index in [0.717, 1.165) is 4.90 Å². The molecule has 6 aromatic rings. The average molecular weight is 985 g/mol. The SMILES string of the molecule is NC(=O)NCC#Cc1ccc2c(c1)[C@]1(C(=O)N2C(=O)OCc2ccc([N+](=O)[O-])cc2)[C@H](C(=O)NC[C@H](O)c2ccccc2)[C@H]2C(=O)O[C@H](c3ccccc3)[C@H](c3ccccc3)N2[C@@H]1c1ccc(OCCO)cc1. The number of nitrogens with one attached hydrogen (secondary N) is 2. The number of carbonyl (C=O) groups excluding carboxylic acids is 5. The number of benzene rings is 6. The van der Waals surface area contributed by atoms with E-state index in [-0.39, 0.29) is 48.8 Å². The number of nitrogens with zero attached hydrogens (tertiary/aromatic N) is 3. The number of hydrogen-bond acceptors (Lipinski definition) is 13. The van der Waals surface area contributed by atoms with Crippen LogP contribution in [0.25, 0.3) is 0 Å². The van der Waals surface area contributed by atoms with Gasteiger partial charge < -0.3 is 40.8 Å². The van der Waals surface area contributed by atoms with E-state index in [1.807, 2.05) is 53.4 Å². The Bertz CT molecular complexity index is 3100. The van der Waals surface area contributed by atoms with Crippen LogP contribution in [0.2, 0.25) is 0 Å². The van der Waals surface area contributed by atoms with E-state index in [1.165, 1.54) is 30.3 Å². The van der Waals surface area contributed by atoms with Gasteiger partial charge in [-0.2, -0.15) is 0 Å². The second-order valence-electron chi connectivity index (χ2n) is 17.4. The smallest absolute Gasteiger partial charge is 0.421 e. The molecule has 0 unspecified atom stereocenters. The Balaban J connectivity index is 1.29. The van der Waals surface area contributed by atoms with Crippen LogP contribution in [0.4, 0.5) is 21.0 Å². The Labute approximate surface area is 418 Å². The summed E-state index contributed by atoms with van der Waals surface area (Å²) in [6.45, 7) is -1.23. The van der Waals surface area contributed by atoms with E-state index in [2.05, 4.69) is 22.5 Å². The molecule has 370 valence electrons. The minimum atomic E-state index is -2.23. The third-order valence-corrected chi connectivity index (χ3v) is 13.2. The molecule has 9 rings (SSSR count). The molecule has 18 nitrogen and oxygen atoms in total. The predicted octanol–water partition coefficient (Wildman–Crippen LogP) is 5.84. The molecule has 3 aliphatic heterocycles. The molecule has 0 aliphatic carbocycles. The highest BCUT2D eigenvalue weighted by Gasteiger charge is 2.75. The van der Waals surface area contributed by atoms with Crippen LogP contribution in [-0.4, -0.2) is 82.3 Å². The lowest BCUT2D eigenvalue weighted by Crippen LogP contribution is -2.56. The maximum atomic E-state index is 16.5. The number of nitrogens with two attached hydrogens (primary N) is 1. The van der Waals surface area contributed by atoms with E-state index in [0.29, 0.717) is 33.6 Å². The van der Waals surface area contributed by atoms with Crippen LogP contribution in [0, 0.1) is 27.9 Å². The van der Waals surface area contributed by atoms with Crippen molar-refractivity contribution < 1.29 is 53.3 Å². The monoisotopic (exact) mass is 984 g/mol. The van der Waals surface area contributed by atoms with E-state index in [9.17, 15) is 29.9 Å². The van der Waals surface area contributed by atoms with Crippen molar-refractivity contribution in [3.05, 3.63) is 207 Å². The summed E-state index contributed by atoms with van der Waals surface area (Å²) in [5, 5.41) is 37.8. The number of esters is 1. The molecule has 6 aromatic carbocycles. The van der Waals surface area contributed by atoms with Gasteiger partial charge in [0.05, 0.1) is 47.9 Å². The number of anilines is 1. The van der Waals surface area contributed by atoms with Crippen molar-refractivity contribution in [3.63, 3.8) is 0 Å². The molecule has 3 heterocycles. The lowest BCUT2D eigenvalue weighted by molar-refractivity contribution is -0.384. The number of urea groups is 1. The molecule has 0 saturated carbocycles. The Kier molecular flexibility index (Phi) is 14.3. The van der Waals surface area contributed by atoms with Gasteiger partial charge in [-0.1, -0.05) is 115 Å². The van der Waals surface area contributed by atoms with Gasteiger partial charge >= 0.3 is 18.1 Å². The number of morpholine rings is 1. The number of nitro benzene ring substituents is 1. The lowest BCUT2D eigenvalue weighted by Gasteiger charge is -2.46. The van der Waals surface area contributed by atoms with Gasteiger partial charge in [-0.25, -0.2) is 14.5 Å². The number of primary amides is 1. The first-order valence-electron chi connectivity index (χ1n) is 23.3. The molecular weight excluding hydrogens is 937 g/mol. The third-order valence-electron chi connectivity index (χ3n) is 13.2. The fraction of sp³-hybridized carbons (Fsp3) is 0.218. The average Bonchev–Trinajstić information content (AvgIpc) is 3.91. The minimum Gasteiger partial charge on any atom is -0.491 e. The van der Waals surface area contributed by atoms with Gasteiger partial charge in [0.2, 0.25) is 11.8 Å². The second kappa shape index (κ2) is 21.2. The molecule has 18 heteroatoms. The van der Waals surface area contributed by atoms with Crippen LogP contribution in [0.3, 0.4) is 0 Å². The van der Waals surface area contributed by atoms with E-state index in [4.69, 9.17) is 19.9 Å². The van der Waals surface area contributed by atoms with Crippen molar-refractivity contribution >= 4 is 41.3 Å². The number of non-ortho nitro benzene ring substituents is 1. The van der Waals surface area contributed by atoms with Crippen LogP contribution in [0.5, 0.6) is 5.75 Å². The molecule has 0 aromatic heterocycles. The molecule has 5 amide bonds. The quantitative estimate of drug-likeness (QED) is 0.0373. The Morgan fingerprint density at radius 1 is 0.822 bits per heavy atom. The minimum absolute atomic E-state index is 0.00128. The predicted molar refractivity (Wildman–Crippen MR) is 263 cm³/mol. The number of cyclic esters (lactones) is 1. The van der Waals surface area contributed by atoms with Crippen molar-refractivity contribution in [2.24, 2.45) is 11.7 Å². The summed E-state index contributed by atoms with van der Waals surface area (Å²) >= 11 is 0. The first-order chi connectivity index (χ1) is 35.4. The zero-order chi connectivity index (χ0) is 51.2. The molecule has 1 spiro atoms. The topological polar surface area (TPSA) is 253 Å². The summed E-state index contributed by atoms with van der Waals surface area (Å²) in [5.74, 6) is 1.83. The zero-order valence-corrected chi connectivity index (χ0v) is 38.9. The van der Waals surface area contributed by atoms with Crippen LogP contribution in [-0.2, 0) is 35.9 Å². The second-order valence-corrected chi connectivity index (χ2v) is 17.4. The van der Waals surface area contributed by atoms with Crippen molar-refractivity contribution in [2.75, 3.05) is 31.2 Å². The molecule has 2 saturated heterocycles. The number of aliphatic hydroxyl groups excluding tert-OH is 2. The van der Waals surface area contributed by atoms with Gasteiger partial charge in [-0.05, 0) is 75.8 Å². The molecule has 0 bridgehead atoms. The molecule has 0 radical (unpaired) electrons. The van der Waals surface area contributed by atoms with Crippen LogP contribution in [0.1, 0.15) is 63.2 Å².